The minimum absolute atomic E-state index is 0.0154. The van der Waals surface area contributed by atoms with Gasteiger partial charge in [0.25, 0.3) is 0 Å². The van der Waals surface area contributed by atoms with Gasteiger partial charge in [-0.2, -0.15) is 0 Å². The number of hydrogen-bond donors (Lipinski definition) is 4. The van der Waals surface area contributed by atoms with Crippen LogP contribution >= 0.6 is 0 Å². The fraction of sp³-hybridized carbons (Fsp3) is 0.926. The molecular weight excluding hydrogens is 418 g/mol. The maximum atomic E-state index is 13.4. The molecule has 0 heterocycles. The van der Waals surface area contributed by atoms with Gasteiger partial charge in [0.15, 0.2) is 5.78 Å². The Morgan fingerprint density at radius 2 is 1.70 bits per heavy atom. The van der Waals surface area contributed by atoms with E-state index in [1.807, 2.05) is 6.92 Å². The molecule has 0 aromatic heterocycles. The Balaban J connectivity index is 0.000000383. The maximum Gasteiger partial charge on any atom is 0.190 e. The normalized spacial score (nSPS) is 44.6. The third-order valence-corrected chi connectivity index (χ3v) is 9.75. The van der Waals surface area contributed by atoms with Crippen LogP contribution in [0.5, 0.6) is 0 Å². The largest absolute Gasteiger partial charge is 0.393 e. The van der Waals surface area contributed by atoms with Crippen molar-refractivity contribution in [1.29, 1.82) is 0 Å². The molecule has 0 aliphatic heterocycles. The highest BCUT2D eigenvalue weighted by atomic mass is 16.3. The van der Waals surface area contributed by atoms with Crippen molar-refractivity contribution < 1.29 is 24.9 Å². The van der Waals surface area contributed by atoms with Crippen LogP contribution in [0.3, 0.4) is 0 Å². The van der Waals surface area contributed by atoms with Crippen molar-refractivity contribution in [2.75, 3.05) is 6.61 Å². The highest BCUT2D eigenvalue weighted by Crippen LogP contribution is 2.67. The Morgan fingerprint density at radius 3 is 2.24 bits per heavy atom. The summed E-state index contributed by atoms with van der Waals surface area (Å²) in [5.74, 6) is 0.380. The first-order chi connectivity index (χ1) is 15.3. The minimum atomic E-state index is -1.58. The number of nitrogens with one attached hydrogen (secondary N) is 1. The smallest absolute Gasteiger partial charge is 0.190 e. The zero-order valence-electron chi connectivity index (χ0n) is 21.6. The van der Waals surface area contributed by atoms with E-state index in [0.717, 1.165) is 38.5 Å². The fourth-order valence-electron chi connectivity index (χ4n) is 8.31. The molecule has 0 aromatic rings. The van der Waals surface area contributed by atoms with Gasteiger partial charge in [0.1, 0.15) is 18.0 Å². The number of aliphatic hydroxyl groups is 3. The van der Waals surface area contributed by atoms with Crippen LogP contribution in [-0.2, 0) is 9.59 Å². The lowest BCUT2D eigenvalue weighted by atomic mass is 9.44. The minimum Gasteiger partial charge on any atom is -0.393 e. The van der Waals surface area contributed by atoms with Crippen LogP contribution in [0.4, 0.5) is 0 Å². The first-order valence-electron chi connectivity index (χ1n) is 13.1. The predicted molar refractivity (Wildman–Crippen MR) is 129 cm³/mol. The van der Waals surface area contributed by atoms with E-state index in [4.69, 9.17) is 0 Å². The highest BCUT2D eigenvalue weighted by molar-refractivity contribution is 5.92. The average molecular weight is 466 g/mol. The van der Waals surface area contributed by atoms with Crippen LogP contribution in [0.25, 0.3) is 0 Å². The monoisotopic (exact) mass is 465 g/mol. The van der Waals surface area contributed by atoms with Crippen LogP contribution < -0.4 is 5.32 Å². The third-order valence-electron chi connectivity index (χ3n) is 9.75. The molecule has 4 saturated carbocycles. The molecule has 0 saturated heterocycles. The molecule has 0 spiro atoms. The topological polar surface area (TPSA) is 107 Å². The summed E-state index contributed by atoms with van der Waals surface area (Å²) in [5, 5.41) is 33.9. The molecule has 190 valence electrons. The Labute approximate surface area is 199 Å². The molecule has 4 rings (SSSR count). The van der Waals surface area contributed by atoms with E-state index < -0.39 is 23.4 Å². The van der Waals surface area contributed by atoms with Crippen LogP contribution in [0.15, 0.2) is 0 Å². The summed E-state index contributed by atoms with van der Waals surface area (Å²) in [6.07, 6.45) is 5.47. The SMILES string of the molecule is CC(C)NC(C)C.C[C@]12CC[C@@H](O)C[C@H]1CC[C@@H]1[C@@H]2C(=O)C[C@@]2(C)[C@H]1CC[C@]2(O)C(=O)CO. The number of fused-ring (bicyclic) bond motifs is 5. The lowest BCUT2D eigenvalue weighted by Gasteiger charge is -2.60. The van der Waals surface area contributed by atoms with Crippen LogP contribution in [-0.4, -0.2) is 57.3 Å². The third kappa shape index (κ3) is 4.57. The fourth-order valence-corrected chi connectivity index (χ4v) is 8.31. The van der Waals surface area contributed by atoms with Crippen molar-refractivity contribution in [3.63, 3.8) is 0 Å². The van der Waals surface area contributed by atoms with E-state index in [1.165, 1.54) is 0 Å². The number of rotatable bonds is 4. The van der Waals surface area contributed by atoms with Crippen molar-refractivity contribution in [3.8, 4) is 0 Å². The van der Waals surface area contributed by atoms with E-state index in [1.54, 1.807) is 0 Å². The van der Waals surface area contributed by atoms with Gasteiger partial charge in [0.2, 0.25) is 0 Å². The second-order valence-corrected chi connectivity index (χ2v) is 12.5. The zero-order valence-corrected chi connectivity index (χ0v) is 21.6. The van der Waals surface area contributed by atoms with Crippen LogP contribution in [0, 0.1) is 34.5 Å². The second kappa shape index (κ2) is 9.67. The van der Waals surface area contributed by atoms with Gasteiger partial charge in [-0.1, -0.05) is 41.5 Å². The van der Waals surface area contributed by atoms with E-state index in [-0.39, 0.29) is 41.5 Å². The maximum absolute atomic E-state index is 13.4. The molecule has 4 fully saturated rings. The standard InChI is InChI=1S/C21H32O5.C6H15N/c1-19-7-5-13(23)9-12(19)3-4-14-15-6-8-21(26,17(25)11-22)20(15,2)10-16(24)18(14)19;1-5(2)7-6(3)4/h12-15,18,22-23,26H,3-11H2,1-2H3;5-7H,1-4H3/t12-,13-,14+,15+,18-,19+,20+,21+;/m1./s1. The Morgan fingerprint density at radius 1 is 1.06 bits per heavy atom. The lowest BCUT2D eigenvalue weighted by molar-refractivity contribution is -0.180. The summed E-state index contributed by atoms with van der Waals surface area (Å²) in [6.45, 7) is 12.1. The van der Waals surface area contributed by atoms with Crippen LogP contribution in [0.2, 0.25) is 0 Å². The van der Waals surface area contributed by atoms with Crippen molar-refractivity contribution in [2.24, 2.45) is 34.5 Å². The zero-order chi connectivity index (χ0) is 24.8. The van der Waals surface area contributed by atoms with Gasteiger partial charge in [-0.15, -0.1) is 0 Å². The summed E-state index contributed by atoms with van der Waals surface area (Å²) in [7, 11) is 0. The summed E-state index contributed by atoms with van der Waals surface area (Å²) < 4.78 is 0. The van der Waals surface area contributed by atoms with Gasteiger partial charge in [0, 0.05) is 29.8 Å². The molecule has 0 unspecified atom stereocenters. The summed E-state index contributed by atoms with van der Waals surface area (Å²) in [5.41, 5.74) is -2.40. The molecule has 33 heavy (non-hydrogen) atoms. The Kier molecular flexibility index (Phi) is 7.85. The Bertz CT molecular complexity index is 732. The van der Waals surface area contributed by atoms with Crippen LogP contribution in [0.1, 0.15) is 92.9 Å². The van der Waals surface area contributed by atoms with Gasteiger partial charge in [-0.25, -0.2) is 0 Å². The highest BCUT2D eigenvalue weighted by Gasteiger charge is 2.68. The number of ketones is 2. The predicted octanol–water partition coefficient (Wildman–Crippen LogP) is 3.25. The second-order valence-electron chi connectivity index (χ2n) is 12.5. The van der Waals surface area contributed by atoms with E-state index in [0.29, 0.717) is 24.4 Å². The first kappa shape index (κ1) is 26.8. The summed E-state index contributed by atoms with van der Waals surface area (Å²) in [6, 6.07) is 1.25. The lowest BCUT2D eigenvalue weighted by Crippen LogP contribution is -2.62. The van der Waals surface area contributed by atoms with E-state index in [9.17, 15) is 24.9 Å². The van der Waals surface area contributed by atoms with Gasteiger partial charge < -0.3 is 20.6 Å². The molecule has 6 heteroatoms. The number of hydrogen-bond acceptors (Lipinski definition) is 6. The number of aliphatic hydroxyl groups excluding tert-OH is 2. The molecule has 4 N–H and O–H groups in total. The number of Topliss-reactive ketones (excluding diaryl/α,β-unsaturated/α-hetero) is 2. The molecule has 0 radical (unpaired) electrons. The van der Waals surface area contributed by atoms with Gasteiger partial charge in [0.05, 0.1) is 6.10 Å². The molecule has 6 nitrogen and oxygen atoms in total. The molecule has 4 aliphatic carbocycles. The molecular formula is C27H47NO5. The number of carbonyl (C=O) groups excluding carboxylic acids is 2. The number of carbonyl (C=O) groups is 2. The molecule has 8 atom stereocenters. The van der Waals surface area contributed by atoms with Crippen molar-refractivity contribution in [1.82, 2.24) is 5.32 Å². The van der Waals surface area contributed by atoms with E-state index >= 15 is 0 Å². The van der Waals surface area contributed by atoms with Gasteiger partial charge in [-0.05, 0) is 68.1 Å². The summed E-state index contributed by atoms with van der Waals surface area (Å²) in [4.78, 5) is 25.7. The molecule has 0 amide bonds. The van der Waals surface area contributed by atoms with Gasteiger partial charge >= 0.3 is 0 Å². The van der Waals surface area contributed by atoms with Crippen molar-refractivity contribution >= 4 is 11.6 Å². The van der Waals surface area contributed by atoms with Gasteiger partial charge in [-0.3, -0.25) is 9.59 Å². The summed E-state index contributed by atoms with van der Waals surface area (Å²) >= 11 is 0. The molecule has 0 aromatic carbocycles. The Hall–Kier alpha value is -0.820. The van der Waals surface area contributed by atoms with E-state index in [2.05, 4.69) is 39.9 Å². The molecule has 4 aliphatic rings. The molecule has 0 bridgehead atoms. The first-order valence-corrected chi connectivity index (χ1v) is 13.1. The van der Waals surface area contributed by atoms with Crippen molar-refractivity contribution in [3.05, 3.63) is 0 Å². The average Bonchev–Trinajstić information content (AvgIpc) is 2.98. The van der Waals surface area contributed by atoms with Crippen molar-refractivity contribution in [2.45, 2.75) is 117 Å². The quantitative estimate of drug-likeness (QED) is 0.508.